The van der Waals surface area contributed by atoms with Gasteiger partial charge in [-0.2, -0.15) is 0 Å². The third-order valence-electron chi connectivity index (χ3n) is 6.43. The number of hydrogen-bond donors (Lipinski definition) is 1. The van der Waals surface area contributed by atoms with E-state index in [1.807, 2.05) is 31.2 Å². The molecule has 2 saturated heterocycles. The molecule has 5 rings (SSSR count). The summed E-state index contributed by atoms with van der Waals surface area (Å²) in [6.07, 6.45) is 0.483. The predicted octanol–water partition coefficient (Wildman–Crippen LogP) is 3.37. The van der Waals surface area contributed by atoms with E-state index in [4.69, 9.17) is 4.74 Å². The van der Waals surface area contributed by atoms with Gasteiger partial charge in [0.25, 0.3) is 0 Å². The molecule has 2 fully saturated rings. The Labute approximate surface area is 206 Å². The van der Waals surface area contributed by atoms with Crippen molar-refractivity contribution in [1.29, 1.82) is 0 Å². The van der Waals surface area contributed by atoms with Crippen LogP contribution in [0.15, 0.2) is 48.5 Å². The quantitative estimate of drug-likeness (QED) is 0.567. The van der Waals surface area contributed by atoms with E-state index in [0.29, 0.717) is 35.4 Å². The van der Waals surface area contributed by atoms with Crippen LogP contribution >= 0.6 is 11.3 Å². The number of amides is 3. The second-order valence-electron chi connectivity index (χ2n) is 8.73. The van der Waals surface area contributed by atoms with Gasteiger partial charge in [0, 0.05) is 43.2 Å². The molecule has 2 aliphatic rings. The molecule has 35 heavy (non-hydrogen) atoms. The first-order chi connectivity index (χ1) is 16.9. The molecular formula is C25H25N5O4S. The number of carbonyl (C=O) groups is 3. The number of carbonyl (C=O) groups excluding carboxylic acids is 3. The van der Waals surface area contributed by atoms with Gasteiger partial charge in [0.15, 0.2) is 0 Å². The van der Waals surface area contributed by atoms with Gasteiger partial charge < -0.3 is 19.9 Å². The Hall–Kier alpha value is -3.79. The van der Waals surface area contributed by atoms with E-state index >= 15 is 0 Å². The fourth-order valence-corrected chi connectivity index (χ4v) is 5.36. The highest BCUT2D eigenvalue weighted by molar-refractivity contribution is 7.15. The Morgan fingerprint density at radius 3 is 2.49 bits per heavy atom. The molecular weight excluding hydrogens is 466 g/mol. The summed E-state index contributed by atoms with van der Waals surface area (Å²) in [6.45, 7) is 2.81. The molecule has 180 valence electrons. The maximum Gasteiger partial charge on any atom is 0.231 e. The van der Waals surface area contributed by atoms with Crippen LogP contribution in [-0.2, 0) is 14.4 Å². The van der Waals surface area contributed by atoms with Crippen molar-refractivity contribution in [2.75, 3.05) is 35.3 Å². The number of rotatable bonds is 6. The van der Waals surface area contributed by atoms with E-state index < -0.39 is 5.92 Å². The lowest BCUT2D eigenvalue weighted by molar-refractivity contribution is -0.122. The minimum Gasteiger partial charge on any atom is -0.497 e. The molecule has 0 spiro atoms. The van der Waals surface area contributed by atoms with E-state index in [0.717, 1.165) is 16.9 Å². The number of aromatic nitrogens is 2. The molecule has 3 heterocycles. The molecule has 0 saturated carbocycles. The number of para-hydroxylation sites is 1. The van der Waals surface area contributed by atoms with Crippen molar-refractivity contribution in [3.05, 3.63) is 59.1 Å². The number of nitrogens with zero attached hydrogens (tertiary/aromatic N) is 4. The number of nitrogens with one attached hydrogen (secondary N) is 1. The lowest BCUT2D eigenvalue weighted by Gasteiger charge is -2.18. The molecule has 1 N–H and O–H groups in total. The fraction of sp³-hybridized carbons (Fsp3) is 0.320. The minimum absolute atomic E-state index is 0.0492. The highest BCUT2D eigenvalue weighted by Gasteiger charge is 2.37. The molecule has 0 bridgehead atoms. The Bertz CT molecular complexity index is 1270. The Morgan fingerprint density at radius 2 is 1.74 bits per heavy atom. The van der Waals surface area contributed by atoms with Gasteiger partial charge in [-0.15, -0.1) is 10.2 Å². The van der Waals surface area contributed by atoms with Crippen molar-refractivity contribution in [2.45, 2.75) is 25.7 Å². The fourth-order valence-electron chi connectivity index (χ4n) is 4.52. The van der Waals surface area contributed by atoms with Crippen LogP contribution in [0.1, 0.15) is 29.3 Å². The van der Waals surface area contributed by atoms with E-state index in [1.165, 1.54) is 11.3 Å². The van der Waals surface area contributed by atoms with Gasteiger partial charge in [-0.3, -0.25) is 14.4 Å². The van der Waals surface area contributed by atoms with Crippen LogP contribution in [0.25, 0.3) is 0 Å². The molecule has 3 aromatic rings. The first-order valence-electron chi connectivity index (χ1n) is 11.4. The molecule has 3 amide bonds. The van der Waals surface area contributed by atoms with Crippen molar-refractivity contribution in [3.63, 3.8) is 0 Å². The summed E-state index contributed by atoms with van der Waals surface area (Å²) in [5, 5.41) is 12.3. The summed E-state index contributed by atoms with van der Waals surface area (Å²) < 4.78 is 5.16. The summed E-state index contributed by atoms with van der Waals surface area (Å²) in [6, 6.07) is 15.0. The summed E-state index contributed by atoms with van der Waals surface area (Å²) in [5.74, 6) is -0.179. The largest absolute Gasteiger partial charge is 0.497 e. The van der Waals surface area contributed by atoms with Crippen LogP contribution in [-0.4, -0.2) is 48.1 Å². The average molecular weight is 492 g/mol. The highest BCUT2D eigenvalue weighted by atomic mass is 32.1. The number of anilines is 3. The molecule has 10 heteroatoms. The van der Waals surface area contributed by atoms with E-state index in [-0.39, 0.29) is 30.1 Å². The van der Waals surface area contributed by atoms with Crippen molar-refractivity contribution >= 4 is 45.6 Å². The van der Waals surface area contributed by atoms with Crippen molar-refractivity contribution in [1.82, 2.24) is 10.2 Å². The van der Waals surface area contributed by atoms with Gasteiger partial charge in [-0.1, -0.05) is 29.5 Å². The highest BCUT2D eigenvalue weighted by Crippen LogP contribution is 2.35. The molecule has 9 nitrogen and oxygen atoms in total. The van der Waals surface area contributed by atoms with E-state index in [1.54, 1.807) is 41.2 Å². The van der Waals surface area contributed by atoms with Gasteiger partial charge in [-0.05, 0) is 42.8 Å². The van der Waals surface area contributed by atoms with Crippen LogP contribution in [0.2, 0.25) is 0 Å². The predicted molar refractivity (Wildman–Crippen MR) is 133 cm³/mol. The normalized spacial score (nSPS) is 19.9. The molecule has 2 atom stereocenters. The summed E-state index contributed by atoms with van der Waals surface area (Å²) in [4.78, 5) is 41.4. The first-order valence-corrected chi connectivity index (χ1v) is 12.2. The summed E-state index contributed by atoms with van der Waals surface area (Å²) in [7, 11) is 1.58. The van der Waals surface area contributed by atoms with Gasteiger partial charge in [0.2, 0.25) is 22.9 Å². The minimum atomic E-state index is -0.485. The second kappa shape index (κ2) is 9.46. The Balaban J connectivity index is 1.21. The number of methoxy groups -OCH3 is 1. The molecule has 2 unspecified atom stereocenters. The lowest BCUT2D eigenvalue weighted by Crippen LogP contribution is -2.28. The van der Waals surface area contributed by atoms with Crippen LogP contribution in [0.5, 0.6) is 5.75 Å². The van der Waals surface area contributed by atoms with Crippen LogP contribution in [0.4, 0.5) is 16.5 Å². The Morgan fingerprint density at radius 1 is 1.00 bits per heavy atom. The molecule has 0 aliphatic carbocycles. The molecule has 2 aliphatic heterocycles. The second-order valence-corrected chi connectivity index (χ2v) is 9.74. The van der Waals surface area contributed by atoms with Crippen molar-refractivity contribution in [2.24, 2.45) is 5.92 Å². The number of ether oxygens (including phenoxy) is 1. The van der Waals surface area contributed by atoms with Crippen molar-refractivity contribution in [3.8, 4) is 5.75 Å². The first kappa shape index (κ1) is 23.0. The van der Waals surface area contributed by atoms with Gasteiger partial charge >= 0.3 is 0 Å². The van der Waals surface area contributed by atoms with Crippen LogP contribution < -0.4 is 19.9 Å². The molecule has 1 aromatic heterocycles. The topological polar surface area (TPSA) is 105 Å². The molecule has 0 radical (unpaired) electrons. The van der Waals surface area contributed by atoms with E-state index in [2.05, 4.69) is 15.5 Å². The monoisotopic (exact) mass is 491 g/mol. The smallest absolute Gasteiger partial charge is 0.231 e. The molecule has 2 aromatic carbocycles. The van der Waals surface area contributed by atoms with Gasteiger partial charge in [0.1, 0.15) is 10.8 Å². The zero-order valence-corrected chi connectivity index (χ0v) is 20.2. The van der Waals surface area contributed by atoms with Crippen molar-refractivity contribution < 1.29 is 19.1 Å². The maximum absolute atomic E-state index is 12.9. The third kappa shape index (κ3) is 4.61. The standard InChI is InChI=1S/C25H25N5O4S/c1-15-5-3-4-6-20(15)30-14-17(12-22(30)32)24-27-28-25(35-24)26-23(33)16-11-21(31)29(13-16)18-7-9-19(34-2)10-8-18/h3-10,16-17H,11-14H2,1-2H3,(H,26,28,33). The zero-order valence-electron chi connectivity index (χ0n) is 19.4. The van der Waals surface area contributed by atoms with Gasteiger partial charge in [-0.25, -0.2) is 0 Å². The number of benzene rings is 2. The summed E-state index contributed by atoms with van der Waals surface area (Å²) in [5.41, 5.74) is 2.68. The average Bonchev–Trinajstić information content (AvgIpc) is 3.58. The summed E-state index contributed by atoms with van der Waals surface area (Å²) >= 11 is 1.28. The Kier molecular flexibility index (Phi) is 6.21. The SMILES string of the molecule is COc1ccc(N2CC(C(=O)Nc3nnc(C4CC(=O)N(c5ccccc5C)C4)s3)CC2=O)cc1. The maximum atomic E-state index is 12.9. The number of aryl methyl sites for hydroxylation is 1. The zero-order chi connectivity index (χ0) is 24.5. The lowest BCUT2D eigenvalue weighted by atomic mass is 10.1. The third-order valence-corrected chi connectivity index (χ3v) is 7.43. The van der Waals surface area contributed by atoms with E-state index in [9.17, 15) is 14.4 Å². The van der Waals surface area contributed by atoms with Gasteiger partial charge in [0.05, 0.1) is 13.0 Å². The number of hydrogen-bond acceptors (Lipinski definition) is 7. The van der Waals surface area contributed by atoms with Crippen LogP contribution in [0, 0.1) is 12.8 Å². The van der Waals surface area contributed by atoms with Crippen LogP contribution in [0.3, 0.4) is 0 Å².